The minimum absolute atomic E-state index is 0.000312. The Morgan fingerprint density at radius 1 is 0.694 bits per heavy atom. The lowest BCUT2D eigenvalue weighted by Crippen LogP contribution is -2.56. The molecule has 0 saturated heterocycles. The topological polar surface area (TPSA) is 317 Å². The molecule has 0 aromatic heterocycles. The van der Waals surface area contributed by atoms with E-state index in [1.807, 2.05) is 0 Å². The summed E-state index contributed by atoms with van der Waals surface area (Å²) >= 11 is 0. The lowest BCUT2D eigenvalue weighted by molar-refractivity contribution is -0.142. The number of carbonyl (C=O) groups excluding carboxylic acids is 3. The van der Waals surface area contributed by atoms with Gasteiger partial charge in [0, 0.05) is 19.5 Å². The van der Waals surface area contributed by atoms with Crippen molar-refractivity contribution in [1.29, 1.82) is 0 Å². The zero-order valence-electron chi connectivity index (χ0n) is 19.8. The van der Waals surface area contributed by atoms with Gasteiger partial charge in [0.05, 0.1) is 6.54 Å². The van der Waals surface area contributed by atoms with Crippen LogP contribution in [0.1, 0.15) is 38.5 Å². The van der Waals surface area contributed by atoms with E-state index in [1.54, 1.807) is 0 Å². The molecule has 0 aromatic rings. The van der Waals surface area contributed by atoms with Crippen LogP contribution in [0.3, 0.4) is 0 Å². The average molecular weight is 517 g/mol. The SMILES string of the molecule is NCC(=O)NC(CCC(=O)O)C(=O)NC(CCCN=C(N)N)C(=O)NC(CCCN=C(N)N)C(=O)O. The molecule has 0 rings (SSSR count). The van der Waals surface area contributed by atoms with E-state index in [2.05, 4.69) is 25.9 Å². The van der Waals surface area contributed by atoms with Crippen molar-refractivity contribution in [3.8, 4) is 0 Å². The molecule has 15 N–H and O–H groups in total. The van der Waals surface area contributed by atoms with E-state index in [0.717, 1.165) is 0 Å². The van der Waals surface area contributed by atoms with Gasteiger partial charge < -0.3 is 54.8 Å². The van der Waals surface area contributed by atoms with E-state index in [-0.39, 0.29) is 57.1 Å². The van der Waals surface area contributed by atoms with Gasteiger partial charge in [0.15, 0.2) is 11.9 Å². The van der Waals surface area contributed by atoms with E-state index in [0.29, 0.717) is 0 Å². The maximum Gasteiger partial charge on any atom is 0.326 e. The second-order valence-electron chi connectivity index (χ2n) is 7.61. The molecule has 0 saturated carbocycles. The van der Waals surface area contributed by atoms with Crippen LogP contribution in [-0.4, -0.2) is 89.6 Å². The van der Waals surface area contributed by atoms with Crippen molar-refractivity contribution in [1.82, 2.24) is 16.0 Å². The highest BCUT2D eigenvalue weighted by molar-refractivity contribution is 5.93. The molecular formula is C19H36N10O7. The van der Waals surface area contributed by atoms with Crippen LogP contribution in [0.15, 0.2) is 9.98 Å². The molecular weight excluding hydrogens is 480 g/mol. The van der Waals surface area contributed by atoms with Gasteiger partial charge in [0.1, 0.15) is 18.1 Å². The van der Waals surface area contributed by atoms with E-state index in [9.17, 15) is 29.1 Å². The molecule has 204 valence electrons. The van der Waals surface area contributed by atoms with Crippen molar-refractivity contribution in [2.24, 2.45) is 38.7 Å². The Hall–Kier alpha value is -4.15. The van der Waals surface area contributed by atoms with Gasteiger partial charge in [-0.1, -0.05) is 0 Å². The average Bonchev–Trinajstić information content (AvgIpc) is 2.79. The van der Waals surface area contributed by atoms with E-state index >= 15 is 0 Å². The highest BCUT2D eigenvalue weighted by Crippen LogP contribution is 2.06. The standard InChI is InChI=1S/C19H36N10O7/c20-9-13(30)27-11(5-6-14(31)32)16(34)28-10(3-1-7-25-18(21)22)15(33)29-12(17(35)36)4-2-8-26-19(23)24/h10-12H,1-9,20H2,(H,27,30)(H,28,34)(H,29,33)(H,31,32)(H,35,36)(H4,21,22,25)(H4,23,24,26). The summed E-state index contributed by atoms with van der Waals surface area (Å²) in [6.07, 6.45) is -0.225. The Kier molecular flexibility index (Phi) is 15.3. The quantitative estimate of drug-likeness (QED) is 0.0467. The predicted octanol–water partition coefficient (Wildman–Crippen LogP) is -4.54. The normalized spacial score (nSPS) is 12.8. The van der Waals surface area contributed by atoms with Crippen LogP contribution in [-0.2, 0) is 24.0 Å². The number of nitrogens with two attached hydrogens (primary N) is 5. The van der Waals surface area contributed by atoms with Gasteiger partial charge >= 0.3 is 11.9 Å². The summed E-state index contributed by atoms with van der Waals surface area (Å²) in [5.41, 5.74) is 26.2. The van der Waals surface area contributed by atoms with Crippen LogP contribution in [0.2, 0.25) is 0 Å². The molecule has 0 radical (unpaired) electrons. The second kappa shape index (κ2) is 17.3. The van der Waals surface area contributed by atoms with Crippen molar-refractivity contribution >= 4 is 41.6 Å². The summed E-state index contributed by atoms with van der Waals surface area (Å²) in [5, 5.41) is 25.5. The molecule has 0 aromatic carbocycles. The number of carboxylic acid groups (broad SMARTS) is 2. The van der Waals surface area contributed by atoms with Crippen LogP contribution in [0.4, 0.5) is 0 Å². The van der Waals surface area contributed by atoms with E-state index in [1.165, 1.54) is 0 Å². The van der Waals surface area contributed by atoms with Crippen molar-refractivity contribution in [3.05, 3.63) is 0 Å². The molecule has 0 fully saturated rings. The number of rotatable bonds is 18. The summed E-state index contributed by atoms with van der Waals surface area (Å²) in [5.74, 6) is -5.22. The monoisotopic (exact) mass is 516 g/mol. The molecule has 0 heterocycles. The number of aliphatic imine (C=N–C) groups is 2. The Labute approximate surface area is 207 Å². The molecule has 0 spiro atoms. The molecule has 17 heteroatoms. The Balaban J connectivity index is 5.51. The van der Waals surface area contributed by atoms with Crippen LogP contribution in [0.5, 0.6) is 0 Å². The minimum atomic E-state index is -1.31. The van der Waals surface area contributed by atoms with Gasteiger partial charge in [-0.2, -0.15) is 0 Å². The first kappa shape index (κ1) is 31.8. The van der Waals surface area contributed by atoms with Gasteiger partial charge in [-0.05, 0) is 32.1 Å². The predicted molar refractivity (Wildman–Crippen MR) is 129 cm³/mol. The number of amides is 3. The van der Waals surface area contributed by atoms with E-state index < -0.39 is 60.8 Å². The third kappa shape index (κ3) is 14.9. The maximum absolute atomic E-state index is 12.9. The Bertz CT molecular complexity index is 825. The molecule has 0 aliphatic carbocycles. The zero-order chi connectivity index (χ0) is 27.7. The highest BCUT2D eigenvalue weighted by Gasteiger charge is 2.29. The molecule has 3 unspecified atom stereocenters. The smallest absolute Gasteiger partial charge is 0.326 e. The fourth-order valence-electron chi connectivity index (χ4n) is 2.87. The van der Waals surface area contributed by atoms with E-state index in [4.69, 9.17) is 33.8 Å². The molecule has 36 heavy (non-hydrogen) atoms. The fourth-order valence-corrected chi connectivity index (χ4v) is 2.87. The van der Waals surface area contributed by atoms with Gasteiger partial charge in [-0.15, -0.1) is 0 Å². The van der Waals surface area contributed by atoms with Crippen LogP contribution in [0, 0.1) is 0 Å². The largest absolute Gasteiger partial charge is 0.481 e. The first-order chi connectivity index (χ1) is 16.9. The fraction of sp³-hybridized carbons (Fsp3) is 0.632. The second-order valence-corrected chi connectivity index (χ2v) is 7.61. The van der Waals surface area contributed by atoms with Crippen molar-refractivity contribution in [2.45, 2.75) is 56.7 Å². The van der Waals surface area contributed by atoms with Crippen LogP contribution >= 0.6 is 0 Å². The number of hydrogen-bond donors (Lipinski definition) is 10. The summed E-state index contributed by atoms with van der Waals surface area (Å²) in [4.78, 5) is 67.4. The lowest BCUT2D eigenvalue weighted by Gasteiger charge is -2.24. The number of hydrogen-bond acceptors (Lipinski definition) is 8. The van der Waals surface area contributed by atoms with Crippen molar-refractivity contribution < 1.29 is 34.2 Å². The van der Waals surface area contributed by atoms with Gasteiger partial charge in [-0.25, -0.2) is 4.79 Å². The first-order valence-electron chi connectivity index (χ1n) is 11.0. The van der Waals surface area contributed by atoms with Crippen molar-refractivity contribution in [3.63, 3.8) is 0 Å². The summed E-state index contributed by atoms with van der Waals surface area (Å²) in [7, 11) is 0. The number of carbonyl (C=O) groups is 5. The summed E-state index contributed by atoms with van der Waals surface area (Å²) in [6.45, 7) is -0.179. The first-order valence-corrected chi connectivity index (χ1v) is 11.0. The number of aliphatic carboxylic acids is 2. The molecule has 3 amide bonds. The van der Waals surface area contributed by atoms with Crippen LogP contribution < -0.4 is 44.6 Å². The minimum Gasteiger partial charge on any atom is -0.481 e. The van der Waals surface area contributed by atoms with Gasteiger partial charge in [0.2, 0.25) is 17.7 Å². The summed E-state index contributed by atoms with van der Waals surface area (Å²) < 4.78 is 0. The molecule has 17 nitrogen and oxygen atoms in total. The molecule has 0 aliphatic heterocycles. The molecule has 0 aliphatic rings. The highest BCUT2D eigenvalue weighted by atomic mass is 16.4. The number of guanidine groups is 2. The summed E-state index contributed by atoms with van der Waals surface area (Å²) in [6, 6.07) is -3.84. The number of nitrogens with one attached hydrogen (secondary N) is 3. The molecule has 0 bridgehead atoms. The third-order valence-electron chi connectivity index (χ3n) is 4.62. The number of carboxylic acids is 2. The van der Waals surface area contributed by atoms with Crippen LogP contribution in [0.25, 0.3) is 0 Å². The third-order valence-corrected chi connectivity index (χ3v) is 4.62. The Morgan fingerprint density at radius 3 is 1.56 bits per heavy atom. The zero-order valence-corrected chi connectivity index (χ0v) is 19.8. The number of nitrogens with zero attached hydrogens (tertiary/aromatic N) is 2. The maximum atomic E-state index is 12.9. The molecule has 3 atom stereocenters. The van der Waals surface area contributed by atoms with Crippen molar-refractivity contribution in [2.75, 3.05) is 19.6 Å². The lowest BCUT2D eigenvalue weighted by atomic mass is 10.1. The van der Waals surface area contributed by atoms with Gasteiger partial charge in [-0.3, -0.25) is 29.2 Å². The van der Waals surface area contributed by atoms with Gasteiger partial charge in [0.25, 0.3) is 0 Å². The Morgan fingerprint density at radius 2 is 1.14 bits per heavy atom.